The van der Waals surface area contributed by atoms with Gasteiger partial charge in [0.15, 0.2) is 0 Å². The molecule has 2 aromatic rings. The fraction of sp³-hybridized carbons (Fsp3) is 0.278. The molecule has 0 unspecified atom stereocenters. The summed E-state index contributed by atoms with van der Waals surface area (Å²) in [5.41, 5.74) is 2.58. The van der Waals surface area contributed by atoms with Gasteiger partial charge in [0.25, 0.3) is 0 Å². The van der Waals surface area contributed by atoms with Crippen LogP contribution in [0.5, 0.6) is 11.5 Å². The van der Waals surface area contributed by atoms with Gasteiger partial charge in [-0.05, 0) is 55.7 Å². The van der Waals surface area contributed by atoms with Crippen LogP contribution in [0.2, 0.25) is 0 Å². The minimum Gasteiger partial charge on any atom is -0.493 e. The molecule has 0 amide bonds. The van der Waals surface area contributed by atoms with Crippen LogP contribution in [0.25, 0.3) is 0 Å². The highest BCUT2D eigenvalue weighted by Gasteiger charge is 2.14. The van der Waals surface area contributed by atoms with Gasteiger partial charge in [0.1, 0.15) is 17.1 Å². The molecule has 0 aliphatic heterocycles. The number of esters is 1. The lowest BCUT2D eigenvalue weighted by molar-refractivity contribution is 0.0730. The van der Waals surface area contributed by atoms with E-state index in [1.807, 2.05) is 45.0 Å². The van der Waals surface area contributed by atoms with Gasteiger partial charge in [-0.2, -0.15) is 0 Å². The third-order valence-corrected chi connectivity index (χ3v) is 2.97. The SMILES string of the molecule is CCCOc1ccccc1C(=O)Oc1cc(C)cc(C)c1. The Hall–Kier alpha value is -2.29. The van der Waals surface area contributed by atoms with Crippen molar-refractivity contribution in [2.75, 3.05) is 6.61 Å². The molecule has 3 heteroatoms. The van der Waals surface area contributed by atoms with Crippen LogP contribution in [0, 0.1) is 13.8 Å². The summed E-state index contributed by atoms with van der Waals surface area (Å²) in [5.74, 6) is 0.725. The van der Waals surface area contributed by atoms with E-state index in [0.29, 0.717) is 23.7 Å². The van der Waals surface area contributed by atoms with Crippen LogP contribution in [0.4, 0.5) is 0 Å². The van der Waals surface area contributed by atoms with E-state index in [9.17, 15) is 4.79 Å². The summed E-state index contributed by atoms with van der Waals surface area (Å²) in [6.07, 6.45) is 0.889. The smallest absolute Gasteiger partial charge is 0.347 e. The summed E-state index contributed by atoms with van der Waals surface area (Å²) in [7, 11) is 0. The van der Waals surface area contributed by atoms with Gasteiger partial charge in [0.2, 0.25) is 0 Å². The number of hydrogen-bond acceptors (Lipinski definition) is 3. The number of aryl methyl sites for hydroxylation is 2. The molecule has 2 rings (SSSR count). The molecule has 0 saturated heterocycles. The zero-order chi connectivity index (χ0) is 15.2. The largest absolute Gasteiger partial charge is 0.493 e. The number of para-hydroxylation sites is 1. The second kappa shape index (κ2) is 6.93. The van der Waals surface area contributed by atoms with Crippen molar-refractivity contribution in [2.45, 2.75) is 27.2 Å². The minimum absolute atomic E-state index is 0.397. The molecule has 3 nitrogen and oxygen atoms in total. The molecule has 0 radical (unpaired) electrons. The van der Waals surface area contributed by atoms with Crippen LogP contribution in [0.15, 0.2) is 42.5 Å². The van der Waals surface area contributed by atoms with Crippen LogP contribution in [-0.2, 0) is 0 Å². The molecule has 2 aromatic carbocycles. The van der Waals surface area contributed by atoms with E-state index in [1.54, 1.807) is 18.2 Å². The highest BCUT2D eigenvalue weighted by Crippen LogP contribution is 2.22. The van der Waals surface area contributed by atoms with Gasteiger partial charge in [-0.15, -0.1) is 0 Å². The molecule has 110 valence electrons. The van der Waals surface area contributed by atoms with E-state index in [2.05, 4.69) is 0 Å². The number of rotatable bonds is 5. The lowest BCUT2D eigenvalue weighted by atomic mass is 10.1. The molecule has 0 atom stereocenters. The van der Waals surface area contributed by atoms with Crippen molar-refractivity contribution in [1.29, 1.82) is 0 Å². The van der Waals surface area contributed by atoms with Gasteiger partial charge in [-0.1, -0.05) is 25.1 Å². The van der Waals surface area contributed by atoms with Crippen LogP contribution < -0.4 is 9.47 Å². The van der Waals surface area contributed by atoms with E-state index < -0.39 is 5.97 Å². The van der Waals surface area contributed by atoms with Crippen molar-refractivity contribution in [3.63, 3.8) is 0 Å². The molecule has 0 saturated carbocycles. The Bertz CT molecular complexity index is 612. The number of hydrogen-bond donors (Lipinski definition) is 0. The summed E-state index contributed by atoms with van der Waals surface area (Å²) in [6, 6.07) is 12.9. The highest BCUT2D eigenvalue weighted by molar-refractivity contribution is 5.94. The predicted octanol–water partition coefficient (Wildman–Crippen LogP) is 4.31. The van der Waals surface area contributed by atoms with Crippen molar-refractivity contribution in [3.05, 3.63) is 59.2 Å². The van der Waals surface area contributed by atoms with E-state index in [4.69, 9.17) is 9.47 Å². The topological polar surface area (TPSA) is 35.5 Å². The van der Waals surface area contributed by atoms with Gasteiger partial charge in [0, 0.05) is 0 Å². The maximum atomic E-state index is 12.3. The Balaban J connectivity index is 2.20. The Morgan fingerprint density at radius 1 is 1.05 bits per heavy atom. The molecular formula is C18H20O3. The van der Waals surface area contributed by atoms with Crippen molar-refractivity contribution in [1.82, 2.24) is 0 Å². The van der Waals surface area contributed by atoms with Crippen LogP contribution in [0.3, 0.4) is 0 Å². The monoisotopic (exact) mass is 284 g/mol. The second-order valence-corrected chi connectivity index (χ2v) is 5.06. The summed E-state index contributed by atoms with van der Waals surface area (Å²) in [5, 5.41) is 0. The number of carbonyl (C=O) groups excluding carboxylic acids is 1. The van der Waals surface area contributed by atoms with Crippen LogP contribution in [-0.4, -0.2) is 12.6 Å². The van der Waals surface area contributed by atoms with Gasteiger partial charge in [-0.25, -0.2) is 4.79 Å². The summed E-state index contributed by atoms with van der Waals surface area (Å²) >= 11 is 0. The molecule has 0 bridgehead atoms. The standard InChI is InChI=1S/C18H20O3/c1-4-9-20-17-8-6-5-7-16(17)18(19)21-15-11-13(2)10-14(3)12-15/h5-8,10-12H,4,9H2,1-3H3. The maximum Gasteiger partial charge on any atom is 0.347 e. The summed E-state index contributed by atoms with van der Waals surface area (Å²) < 4.78 is 11.1. The lowest BCUT2D eigenvalue weighted by Crippen LogP contribution is -2.11. The molecular weight excluding hydrogens is 264 g/mol. The number of carbonyl (C=O) groups is 1. The minimum atomic E-state index is -0.397. The van der Waals surface area contributed by atoms with Gasteiger partial charge >= 0.3 is 5.97 Å². The zero-order valence-electron chi connectivity index (χ0n) is 12.7. The van der Waals surface area contributed by atoms with Crippen molar-refractivity contribution in [3.8, 4) is 11.5 Å². The Kier molecular flexibility index (Phi) is 4.99. The molecule has 0 N–H and O–H groups in total. The first-order valence-corrected chi connectivity index (χ1v) is 7.12. The Morgan fingerprint density at radius 3 is 2.38 bits per heavy atom. The lowest BCUT2D eigenvalue weighted by Gasteiger charge is -2.11. The fourth-order valence-corrected chi connectivity index (χ4v) is 2.13. The molecule has 0 aliphatic rings. The van der Waals surface area contributed by atoms with Crippen molar-refractivity contribution in [2.24, 2.45) is 0 Å². The summed E-state index contributed by atoms with van der Waals surface area (Å²) in [6.45, 7) is 6.55. The predicted molar refractivity (Wildman–Crippen MR) is 83.1 cm³/mol. The normalized spacial score (nSPS) is 10.2. The van der Waals surface area contributed by atoms with Crippen molar-refractivity contribution >= 4 is 5.97 Å². The quantitative estimate of drug-likeness (QED) is 0.606. The van der Waals surface area contributed by atoms with Gasteiger partial charge < -0.3 is 9.47 Å². The first-order chi connectivity index (χ1) is 10.1. The number of ether oxygens (including phenoxy) is 2. The zero-order valence-corrected chi connectivity index (χ0v) is 12.7. The van der Waals surface area contributed by atoms with Crippen molar-refractivity contribution < 1.29 is 14.3 Å². The van der Waals surface area contributed by atoms with Crippen LogP contribution in [0.1, 0.15) is 34.8 Å². The second-order valence-electron chi connectivity index (χ2n) is 5.06. The molecule has 0 aromatic heterocycles. The molecule has 0 spiro atoms. The third kappa shape index (κ3) is 4.09. The molecule has 0 aliphatic carbocycles. The number of benzene rings is 2. The van der Waals surface area contributed by atoms with E-state index in [1.165, 1.54) is 0 Å². The van der Waals surface area contributed by atoms with Gasteiger partial charge in [-0.3, -0.25) is 0 Å². The average Bonchev–Trinajstić information content (AvgIpc) is 2.44. The first kappa shape index (κ1) is 15.1. The highest BCUT2D eigenvalue weighted by atomic mass is 16.5. The first-order valence-electron chi connectivity index (χ1n) is 7.12. The third-order valence-electron chi connectivity index (χ3n) is 2.97. The van der Waals surface area contributed by atoms with E-state index in [0.717, 1.165) is 17.5 Å². The fourth-order valence-electron chi connectivity index (χ4n) is 2.13. The van der Waals surface area contributed by atoms with E-state index in [-0.39, 0.29) is 0 Å². The Morgan fingerprint density at radius 2 is 1.71 bits per heavy atom. The molecule has 21 heavy (non-hydrogen) atoms. The molecule has 0 fully saturated rings. The summed E-state index contributed by atoms with van der Waals surface area (Å²) in [4.78, 5) is 12.3. The van der Waals surface area contributed by atoms with E-state index >= 15 is 0 Å². The van der Waals surface area contributed by atoms with Crippen LogP contribution >= 0.6 is 0 Å². The van der Waals surface area contributed by atoms with Gasteiger partial charge in [0.05, 0.1) is 6.61 Å². The average molecular weight is 284 g/mol. The molecule has 0 heterocycles. The Labute approximate surface area is 125 Å². The maximum absolute atomic E-state index is 12.3.